The standard InChI is InChI=1S/C19H21NO4/c1-13-8-9-14(10-18(13)22-3)19(21)20(2)11-15-12-23-16-6-4-5-7-17(16)24-15/h4-10,15H,11-12H2,1-3H3/t15-/m1/s1. The molecule has 24 heavy (non-hydrogen) atoms. The average Bonchev–Trinajstić information content (AvgIpc) is 2.61. The van der Waals surface area contributed by atoms with Crippen LogP contribution in [0, 0.1) is 6.92 Å². The van der Waals surface area contributed by atoms with E-state index in [9.17, 15) is 4.79 Å². The molecule has 2 aromatic carbocycles. The third-order valence-electron chi connectivity index (χ3n) is 4.05. The molecule has 0 aromatic heterocycles. The zero-order valence-electron chi connectivity index (χ0n) is 14.1. The molecule has 2 aromatic rings. The summed E-state index contributed by atoms with van der Waals surface area (Å²) in [7, 11) is 3.36. The van der Waals surface area contributed by atoms with E-state index in [1.807, 2.05) is 43.3 Å². The molecule has 5 nitrogen and oxygen atoms in total. The highest BCUT2D eigenvalue weighted by atomic mass is 16.6. The Bertz CT molecular complexity index is 744. The lowest BCUT2D eigenvalue weighted by Gasteiger charge is -2.29. The molecule has 1 aliphatic heterocycles. The molecule has 1 amide bonds. The lowest BCUT2D eigenvalue weighted by atomic mass is 10.1. The summed E-state index contributed by atoms with van der Waals surface area (Å²) in [5.41, 5.74) is 1.59. The van der Waals surface area contributed by atoms with Crippen LogP contribution < -0.4 is 14.2 Å². The van der Waals surface area contributed by atoms with Crippen molar-refractivity contribution in [2.45, 2.75) is 13.0 Å². The van der Waals surface area contributed by atoms with E-state index in [2.05, 4.69) is 0 Å². The number of rotatable bonds is 4. The summed E-state index contributed by atoms with van der Waals surface area (Å²) in [6.07, 6.45) is -0.193. The monoisotopic (exact) mass is 327 g/mol. The Balaban J connectivity index is 1.67. The summed E-state index contributed by atoms with van der Waals surface area (Å²) >= 11 is 0. The average molecular weight is 327 g/mol. The molecule has 3 rings (SSSR count). The van der Waals surface area contributed by atoms with Gasteiger partial charge in [-0.25, -0.2) is 0 Å². The summed E-state index contributed by atoms with van der Waals surface area (Å²) in [6.45, 7) is 2.82. The number of methoxy groups -OCH3 is 1. The van der Waals surface area contributed by atoms with Crippen LogP contribution in [0.5, 0.6) is 17.2 Å². The van der Waals surface area contributed by atoms with Gasteiger partial charge in [-0.1, -0.05) is 18.2 Å². The number of carbonyl (C=O) groups is 1. The van der Waals surface area contributed by atoms with Crippen molar-refractivity contribution in [3.05, 3.63) is 53.6 Å². The Labute approximate surface area is 141 Å². The number of hydrogen-bond donors (Lipinski definition) is 0. The van der Waals surface area contributed by atoms with Crippen molar-refractivity contribution in [1.29, 1.82) is 0 Å². The van der Waals surface area contributed by atoms with Crippen LogP contribution in [0.2, 0.25) is 0 Å². The van der Waals surface area contributed by atoms with E-state index in [4.69, 9.17) is 14.2 Å². The van der Waals surface area contributed by atoms with E-state index in [0.717, 1.165) is 11.3 Å². The molecule has 5 heteroatoms. The first-order chi connectivity index (χ1) is 11.6. The van der Waals surface area contributed by atoms with Gasteiger partial charge in [0, 0.05) is 12.6 Å². The highest BCUT2D eigenvalue weighted by molar-refractivity contribution is 5.94. The summed E-state index contributed by atoms with van der Waals surface area (Å²) < 4.78 is 16.9. The van der Waals surface area contributed by atoms with Gasteiger partial charge in [-0.3, -0.25) is 4.79 Å². The smallest absolute Gasteiger partial charge is 0.253 e. The van der Waals surface area contributed by atoms with Crippen LogP contribution in [0.1, 0.15) is 15.9 Å². The van der Waals surface area contributed by atoms with E-state index >= 15 is 0 Å². The van der Waals surface area contributed by atoms with Crippen LogP contribution in [0.4, 0.5) is 0 Å². The maximum Gasteiger partial charge on any atom is 0.253 e. The number of aryl methyl sites for hydroxylation is 1. The molecule has 126 valence electrons. The van der Waals surface area contributed by atoms with Crippen molar-refractivity contribution in [2.75, 3.05) is 27.3 Å². The molecule has 1 aliphatic rings. The lowest BCUT2D eigenvalue weighted by molar-refractivity contribution is 0.0521. The molecule has 1 atom stereocenters. The van der Waals surface area contributed by atoms with Gasteiger partial charge in [-0.15, -0.1) is 0 Å². The third kappa shape index (κ3) is 3.30. The van der Waals surface area contributed by atoms with Gasteiger partial charge in [-0.05, 0) is 36.8 Å². The van der Waals surface area contributed by atoms with Crippen molar-refractivity contribution in [3.63, 3.8) is 0 Å². The van der Waals surface area contributed by atoms with Crippen LogP contribution in [0.25, 0.3) is 0 Å². The zero-order valence-corrected chi connectivity index (χ0v) is 14.1. The number of ether oxygens (including phenoxy) is 3. The summed E-state index contributed by atoms with van der Waals surface area (Å²) in [4.78, 5) is 14.3. The fourth-order valence-corrected chi connectivity index (χ4v) is 2.71. The Morgan fingerprint density at radius 3 is 2.75 bits per heavy atom. The molecular weight excluding hydrogens is 306 g/mol. The fraction of sp³-hybridized carbons (Fsp3) is 0.316. The Morgan fingerprint density at radius 1 is 1.25 bits per heavy atom. The first-order valence-corrected chi connectivity index (χ1v) is 7.87. The van der Waals surface area contributed by atoms with E-state index in [1.54, 1.807) is 25.1 Å². The minimum atomic E-state index is -0.193. The van der Waals surface area contributed by atoms with Gasteiger partial charge in [0.15, 0.2) is 17.6 Å². The maximum atomic E-state index is 12.6. The highest BCUT2D eigenvalue weighted by Crippen LogP contribution is 2.31. The lowest BCUT2D eigenvalue weighted by Crippen LogP contribution is -2.41. The zero-order chi connectivity index (χ0) is 17.1. The van der Waals surface area contributed by atoms with Crippen LogP contribution in [-0.4, -0.2) is 44.2 Å². The second-order valence-electron chi connectivity index (χ2n) is 5.87. The quantitative estimate of drug-likeness (QED) is 0.866. The first kappa shape index (κ1) is 16.2. The molecule has 1 heterocycles. The summed E-state index contributed by atoms with van der Waals surface area (Å²) in [6, 6.07) is 13.0. The van der Waals surface area contributed by atoms with Crippen molar-refractivity contribution in [2.24, 2.45) is 0 Å². The molecule has 0 saturated heterocycles. The van der Waals surface area contributed by atoms with E-state index < -0.39 is 0 Å². The number of likely N-dealkylation sites (N-methyl/N-ethyl adjacent to an activating group) is 1. The van der Waals surface area contributed by atoms with Gasteiger partial charge in [0.2, 0.25) is 0 Å². The Hall–Kier alpha value is -2.69. The second-order valence-corrected chi connectivity index (χ2v) is 5.87. The molecule has 0 unspecified atom stereocenters. The van der Waals surface area contributed by atoms with Crippen molar-refractivity contribution < 1.29 is 19.0 Å². The molecule has 0 fully saturated rings. The highest BCUT2D eigenvalue weighted by Gasteiger charge is 2.24. The number of benzene rings is 2. The van der Waals surface area contributed by atoms with Gasteiger partial charge >= 0.3 is 0 Å². The Kier molecular flexibility index (Phi) is 4.60. The normalized spacial score (nSPS) is 15.7. The second kappa shape index (κ2) is 6.83. The third-order valence-corrected chi connectivity index (χ3v) is 4.05. The van der Waals surface area contributed by atoms with Crippen molar-refractivity contribution >= 4 is 5.91 Å². The largest absolute Gasteiger partial charge is 0.496 e. The van der Waals surface area contributed by atoms with Crippen LogP contribution in [0.3, 0.4) is 0 Å². The predicted octanol–water partition coefficient (Wildman–Crippen LogP) is 2.92. The van der Waals surface area contributed by atoms with Gasteiger partial charge in [0.1, 0.15) is 12.4 Å². The number of hydrogen-bond acceptors (Lipinski definition) is 4. The first-order valence-electron chi connectivity index (χ1n) is 7.87. The molecule has 0 aliphatic carbocycles. The number of fused-ring (bicyclic) bond motifs is 1. The van der Waals surface area contributed by atoms with Gasteiger partial charge in [-0.2, -0.15) is 0 Å². The molecule has 0 radical (unpaired) electrons. The van der Waals surface area contributed by atoms with Crippen molar-refractivity contribution in [1.82, 2.24) is 4.90 Å². The minimum absolute atomic E-state index is 0.0734. The number of amides is 1. The maximum absolute atomic E-state index is 12.6. The fourth-order valence-electron chi connectivity index (χ4n) is 2.71. The van der Waals surface area contributed by atoms with Crippen molar-refractivity contribution in [3.8, 4) is 17.2 Å². The number of para-hydroxylation sites is 2. The Morgan fingerprint density at radius 2 is 2.00 bits per heavy atom. The van der Waals surface area contributed by atoms with E-state index in [-0.39, 0.29) is 12.0 Å². The van der Waals surface area contributed by atoms with Gasteiger partial charge in [0.05, 0.1) is 13.7 Å². The molecule has 0 saturated carbocycles. The molecule has 0 spiro atoms. The van der Waals surface area contributed by atoms with Crippen LogP contribution in [-0.2, 0) is 0 Å². The van der Waals surface area contributed by atoms with Gasteiger partial charge in [0.25, 0.3) is 5.91 Å². The van der Waals surface area contributed by atoms with Crippen LogP contribution in [0.15, 0.2) is 42.5 Å². The molecular formula is C19H21NO4. The summed E-state index contributed by atoms with van der Waals surface area (Å²) in [5.74, 6) is 2.09. The minimum Gasteiger partial charge on any atom is -0.496 e. The van der Waals surface area contributed by atoms with E-state index in [1.165, 1.54) is 0 Å². The van der Waals surface area contributed by atoms with Crippen LogP contribution >= 0.6 is 0 Å². The topological polar surface area (TPSA) is 48.0 Å². The molecule has 0 bridgehead atoms. The predicted molar refractivity (Wildman–Crippen MR) is 91.0 cm³/mol. The SMILES string of the molecule is COc1cc(C(=O)N(C)C[C@@H]2COc3ccccc3O2)ccc1C. The molecule has 0 N–H and O–H groups in total. The van der Waals surface area contributed by atoms with E-state index in [0.29, 0.717) is 30.2 Å². The summed E-state index contributed by atoms with van der Waals surface area (Å²) in [5, 5.41) is 0. The number of nitrogens with zero attached hydrogens (tertiary/aromatic N) is 1. The number of carbonyl (C=O) groups excluding carboxylic acids is 1. The van der Waals surface area contributed by atoms with Gasteiger partial charge < -0.3 is 19.1 Å².